The monoisotopic (exact) mass is 246 g/mol. The number of urea groups is 1. The molecule has 1 aromatic carbocycles. The summed E-state index contributed by atoms with van der Waals surface area (Å²) in [5.41, 5.74) is 2.02. The average molecular weight is 246 g/mol. The van der Waals surface area contributed by atoms with Crippen LogP contribution in [0.15, 0.2) is 28.8 Å². The third-order valence-corrected chi connectivity index (χ3v) is 2.37. The van der Waals surface area contributed by atoms with Gasteiger partial charge in [-0.1, -0.05) is 28.9 Å². The molecule has 0 unspecified atom stereocenters. The van der Waals surface area contributed by atoms with Crippen LogP contribution in [0.1, 0.15) is 11.5 Å². The fraction of sp³-hybridized carbons (Fsp3) is 0.250. The van der Waals surface area contributed by atoms with Gasteiger partial charge in [0.05, 0.1) is 6.54 Å². The normalized spacial score (nSPS) is 10.1. The van der Waals surface area contributed by atoms with E-state index in [1.165, 1.54) is 0 Å². The van der Waals surface area contributed by atoms with E-state index in [4.69, 9.17) is 4.52 Å². The van der Waals surface area contributed by atoms with Gasteiger partial charge in [-0.15, -0.1) is 0 Å². The minimum Gasteiger partial charge on any atom is -0.341 e. The Balaban J connectivity index is 2.08. The molecule has 1 aromatic heterocycles. The minimum absolute atomic E-state index is 0.207. The SMILES string of the molecule is CNC(=O)NCc1nc(-c2cccc(C)c2)no1. The highest BCUT2D eigenvalue weighted by Crippen LogP contribution is 2.16. The number of aromatic nitrogens is 2. The number of benzene rings is 1. The van der Waals surface area contributed by atoms with Crippen molar-refractivity contribution in [3.05, 3.63) is 35.7 Å². The summed E-state index contributed by atoms with van der Waals surface area (Å²) in [4.78, 5) is 15.2. The summed E-state index contributed by atoms with van der Waals surface area (Å²) < 4.78 is 5.05. The van der Waals surface area contributed by atoms with Gasteiger partial charge in [-0.2, -0.15) is 4.98 Å². The number of nitrogens with one attached hydrogen (secondary N) is 2. The molecule has 0 saturated heterocycles. The molecule has 0 saturated carbocycles. The molecule has 18 heavy (non-hydrogen) atoms. The van der Waals surface area contributed by atoms with Gasteiger partial charge in [-0.3, -0.25) is 0 Å². The van der Waals surface area contributed by atoms with Gasteiger partial charge in [0.2, 0.25) is 11.7 Å². The molecule has 6 nitrogen and oxygen atoms in total. The first-order valence-corrected chi connectivity index (χ1v) is 5.54. The highest BCUT2D eigenvalue weighted by atomic mass is 16.5. The van der Waals surface area contributed by atoms with Gasteiger partial charge in [-0.25, -0.2) is 4.79 Å². The smallest absolute Gasteiger partial charge is 0.314 e. The van der Waals surface area contributed by atoms with Crippen LogP contribution in [-0.4, -0.2) is 23.2 Å². The topological polar surface area (TPSA) is 80.0 Å². The summed E-state index contributed by atoms with van der Waals surface area (Å²) in [7, 11) is 1.54. The van der Waals surface area contributed by atoms with E-state index in [0.29, 0.717) is 11.7 Å². The number of aryl methyl sites for hydroxylation is 1. The predicted octanol–water partition coefficient (Wildman–Crippen LogP) is 1.47. The van der Waals surface area contributed by atoms with E-state index in [1.54, 1.807) is 7.05 Å². The van der Waals surface area contributed by atoms with Gasteiger partial charge in [0.25, 0.3) is 0 Å². The summed E-state index contributed by atoms with van der Waals surface area (Å²) in [6.07, 6.45) is 0. The van der Waals surface area contributed by atoms with Crippen LogP contribution in [0.25, 0.3) is 11.4 Å². The third kappa shape index (κ3) is 2.85. The highest BCUT2D eigenvalue weighted by Gasteiger charge is 2.09. The highest BCUT2D eigenvalue weighted by molar-refractivity contribution is 5.73. The van der Waals surface area contributed by atoms with E-state index in [-0.39, 0.29) is 12.6 Å². The van der Waals surface area contributed by atoms with E-state index in [0.717, 1.165) is 11.1 Å². The van der Waals surface area contributed by atoms with Gasteiger partial charge >= 0.3 is 6.03 Å². The first kappa shape index (κ1) is 12.1. The van der Waals surface area contributed by atoms with Crippen LogP contribution in [0.3, 0.4) is 0 Å². The van der Waals surface area contributed by atoms with Crippen LogP contribution in [-0.2, 0) is 6.54 Å². The first-order chi connectivity index (χ1) is 8.69. The van der Waals surface area contributed by atoms with E-state index in [1.807, 2.05) is 31.2 Å². The first-order valence-electron chi connectivity index (χ1n) is 5.54. The number of nitrogens with zero attached hydrogens (tertiary/aromatic N) is 2. The summed E-state index contributed by atoms with van der Waals surface area (Å²) in [6.45, 7) is 2.20. The van der Waals surface area contributed by atoms with Crippen LogP contribution in [0.5, 0.6) is 0 Å². The quantitative estimate of drug-likeness (QED) is 0.859. The van der Waals surface area contributed by atoms with E-state index < -0.39 is 0 Å². The van der Waals surface area contributed by atoms with Crippen molar-refractivity contribution in [3.63, 3.8) is 0 Å². The van der Waals surface area contributed by atoms with E-state index in [2.05, 4.69) is 20.8 Å². The van der Waals surface area contributed by atoms with Crippen molar-refractivity contribution < 1.29 is 9.32 Å². The second-order valence-electron chi connectivity index (χ2n) is 3.81. The van der Waals surface area contributed by atoms with Crippen molar-refractivity contribution >= 4 is 6.03 Å². The number of hydrogen-bond acceptors (Lipinski definition) is 4. The molecule has 2 rings (SSSR count). The fourth-order valence-corrected chi connectivity index (χ4v) is 1.47. The molecule has 0 atom stereocenters. The molecule has 0 bridgehead atoms. The van der Waals surface area contributed by atoms with Gasteiger partial charge < -0.3 is 15.2 Å². The fourth-order valence-electron chi connectivity index (χ4n) is 1.47. The molecule has 2 N–H and O–H groups in total. The molecular weight excluding hydrogens is 232 g/mol. The van der Waals surface area contributed by atoms with Crippen molar-refractivity contribution in [1.29, 1.82) is 0 Å². The van der Waals surface area contributed by atoms with Crippen LogP contribution < -0.4 is 10.6 Å². The average Bonchev–Trinajstić information content (AvgIpc) is 2.84. The summed E-state index contributed by atoms with van der Waals surface area (Å²) in [5.74, 6) is 0.891. The molecule has 0 spiro atoms. The molecule has 6 heteroatoms. The largest absolute Gasteiger partial charge is 0.341 e. The Morgan fingerprint density at radius 3 is 3.00 bits per heavy atom. The Hall–Kier alpha value is -2.37. The molecule has 0 fully saturated rings. The molecule has 2 aromatic rings. The van der Waals surface area contributed by atoms with E-state index >= 15 is 0 Å². The standard InChI is InChI=1S/C12H14N4O2/c1-8-4-3-5-9(6-8)11-15-10(18-16-11)7-14-12(17)13-2/h3-6H,7H2,1-2H3,(H2,13,14,17). The van der Waals surface area contributed by atoms with Crippen LogP contribution in [0.4, 0.5) is 4.79 Å². The zero-order valence-electron chi connectivity index (χ0n) is 10.2. The van der Waals surface area contributed by atoms with Crippen molar-refractivity contribution in [2.75, 3.05) is 7.05 Å². The molecule has 94 valence electrons. The zero-order valence-corrected chi connectivity index (χ0v) is 10.2. The number of amides is 2. The van der Waals surface area contributed by atoms with Gasteiger partial charge in [0.15, 0.2) is 0 Å². The lowest BCUT2D eigenvalue weighted by atomic mass is 10.1. The Kier molecular flexibility index (Phi) is 3.57. The number of carbonyl (C=O) groups excluding carboxylic acids is 1. The van der Waals surface area contributed by atoms with Crippen molar-refractivity contribution in [3.8, 4) is 11.4 Å². The number of rotatable bonds is 3. The van der Waals surface area contributed by atoms with Crippen LogP contribution >= 0.6 is 0 Å². The lowest BCUT2D eigenvalue weighted by Crippen LogP contribution is -2.32. The predicted molar refractivity (Wildman–Crippen MR) is 65.8 cm³/mol. The molecule has 1 heterocycles. The van der Waals surface area contributed by atoms with Crippen molar-refractivity contribution in [2.24, 2.45) is 0 Å². The molecule has 0 aliphatic rings. The van der Waals surface area contributed by atoms with Gasteiger partial charge in [0.1, 0.15) is 0 Å². The third-order valence-electron chi connectivity index (χ3n) is 2.37. The number of carbonyl (C=O) groups is 1. The maximum absolute atomic E-state index is 11.0. The Bertz CT molecular complexity index is 551. The van der Waals surface area contributed by atoms with Crippen LogP contribution in [0, 0.1) is 6.92 Å². The Morgan fingerprint density at radius 1 is 1.44 bits per heavy atom. The molecule has 0 aliphatic carbocycles. The summed E-state index contributed by atoms with van der Waals surface area (Å²) >= 11 is 0. The zero-order chi connectivity index (χ0) is 13.0. The lowest BCUT2D eigenvalue weighted by Gasteiger charge is -1.98. The molecular formula is C12H14N4O2. The lowest BCUT2D eigenvalue weighted by molar-refractivity contribution is 0.240. The van der Waals surface area contributed by atoms with Gasteiger partial charge in [0, 0.05) is 12.6 Å². The number of hydrogen-bond donors (Lipinski definition) is 2. The second kappa shape index (κ2) is 5.31. The maximum Gasteiger partial charge on any atom is 0.314 e. The second-order valence-corrected chi connectivity index (χ2v) is 3.81. The van der Waals surface area contributed by atoms with Gasteiger partial charge in [-0.05, 0) is 13.0 Å². The molecule has 0 aliphatic heterocycles. The van der Waals surface area contributed by atoms with E-state index in [9.17, 15) is 4.79 Å². The summed E-state index contributed by atoms with van der Waals surface area (Å²) in [5, 5.41) is 8.89. The van der Waals surface area contributed by atoms with Crippen molar-refractivity contribution in [1.82, 2.24) is 20.8 Å². The Morgan fingerprint density at radius 2 is 2.28 bits per heavy atom. The minimum atomic E-state index is -0.287. The maximum atomic E-state index is 11.0. The summed E-state index contributed by atoms with van der Waals surface area (Å²) in [6, 6.07) is 7.53. The molecule has 0 radical (unpaired) electrons. The van der Waals surface area contributed by atoms with Crippen molar-refractivity contribution in [2.45, 2.75) is 13.5 Å². The molecule has 2 amide bonds. The van der Waals surface area contributed by atoms with Crippen LogP contribution in [0.2, 0.25) is 0 Å². The Labute approximate surface area is 104 Å².